The van der Waals surface area contributed by atoms with Gasteiger partial charge in [-0.3, -0.25) is 4.79 Å². The Morgan fingerprint density at radius 1 is 1.44 bits per heavy atom. The molecular formula is C18H23N3O3S. The molecule has 0 bridgehead atoms. The van der Waals surface area contributed by atoms with E-state index >= 15 is 0 Å². The van der Waals surface area contributed by atoms with Crippen LogP contribution in [0.15, 0.2) is 23.6 Å². The van der Waals surface area contributed by atoms with Crippen molar-refractivity contribution in [3.8, 4) is 11.5 Å². The Balaban J connectivity index is 1.73. The van der Waals surface area contributed by atoms with Crippen molar-refractivity contribution in [1.82, 2.24) is 9.88 Å². The molecule has 2 heterocycles. The van der Waals surface area contributed by atoms with E-state index < -0.39 is 0 Å². The van der Waals surface area contributed by atoms with E-state index in [1.54, 1.807) is 36.6 Å². The number of hydrogen-bond donors (Lipinski definition) is 1. The van der Waals surface area contributed by atoms with Gasteiger partial charge in [-0.2, -0.15) is 0 Å². The van der Waals surface area contributed by atoms with Gasteiger partial charge in [-0.05, 0) is 38.0 Å². The van der Waals surface area contributed by atoms with E-state index in [2.05, 4.69) is 4.98 Å². The minimum Gasteiger partial charge on any atom is -0.493 e. The molecule has 7 heteroatoms. The van der Waals surface area contributed by atoms with Crippen LogP contribution in [0, 0.1) is 6.92 Å². The van der Waals surface area contributed by atoms with Gasteiger partial charge in [0.05, 0.1) is 17.8 Å². The fourth-order valence-corrected chi connectivity index (χ4v) is 3.66. The monoisotopic (exact) mass is 361 g/mol. The minimum absolute atomic E-state index is 0.00655. The largest absolute Gasteiger partial charge is 0.493 e. The highest BCUT2D eigenvalue weighted by atomic mass is 32.1. The molecule has 3 rings (SSSR count). The minimum atomic E-state index is -0.00655. The number of nitrogens with zero attached hydrogens (tertiary/aromatic N) is 2. The number of hydrogen-bond acceptors (Lipinski definition) is 6. The maximum absolute atomic E-state index is 12.7. The first-order chi connectivity index (χ1) is 12.1. The van der Waals surface area contributed by atoms with Crippen molar-refractivity contribution < 1.29 is 14.3 Å². The zero-order valence-corrected chi connectivity index (χ0v) is 15.3. The van der Waals surface area contributed by atoms with Crippen LogP contribution in [0.1, 0.15) is 33.9 Å². The highest BCUT2D eigenvalue weighted by molar-refractivity contribution is 7.09. The number of benzene rings is 1. The van der Waals surface area contributed by atoms with E-state index in [0.717, 1.165) is 30.1 Å². The lowest BCUT2D eigenvalue weighted by Gasteiger charge is -2.24. The molecule has 0 saturated carbocycles. The van der Waals surface area contributed by atoms with Crippen LogP contribution in [0.3, 0.4) is 0 Å². The van der Waals surface area contributed by atoms with Crippen LogP contribution in [0.25, 0.3) is 0 Å². The maximum Gasteiger partial charge on any atom is 0.254 e. The summed E-state index contributed by atoms with van der Waals surface area (Å²) in [5.41, 5.74) is 7.25. The number of likely N-dealkylation sites (tertiary alicyclic amines) is 1. The average Bonchev–Trinajstić information content (AvgIpc) is 3.27. The third-order valence-corrected chi connectivity index (χ3v) is 5.19. The number of nitrogens with two attached hydrogens (primary N) is 1. The second-order valence-corrected chi connectivity index (χ2v) is 7.10. The first kappa shape index (κ1) is 17.7. The molecule has 1 aliphatic rings. The molecule has 0 radical (unpaired) electrons. The third-order valence-electron chi connectivity index (χ3n) is 4.36. The number of aromatic nitrogens is 1. The second-order valence-electron chi connectivity index (χ2n) is 6.04. The van der Waals surface area contributed by atoms with Crippen LogP contribution in [0.4, 0.5) is 0 Å². The molecule has 134 valence electrons. The summed E-state index contributed by atoms with van der Waals surface area (Å²) in [6.45, 7) is 3.58. The molecule has 2 aromatic rings. The summed E-state index contributed by atoms with van der Waals surface area (Å²) in [6, 6.07) is 5.41. The summed E-state index contributed by atoms with van der Waals surface area (Å²) < 4.78 is 11.2. The average molecular weight is 361 g/mol. The van der Waals surface area contributed by atoms with Gasteiger partial charge in [0.1, 0.15) is 6.61 Å². The number of ether oxygens (including phenoxy) is 2. The van der Waals surface area contributed by atoms with Crippen LogP contribution in [0.5, 0.6) is 11.5 Å². The normalized spacial score (nSPS) is 16.9. The van der Waals surface area contributed by atoms with Gasteiger partial charge in [0, 0.05) is 30.1 Å². The second kappa shape index (κ2) is 7.84. The number of thiazole rings is 1. The molecule has 1 aliphatic heterocycles. The van der Waals surface area contributed by atoms with Crippen molar-refractivity contribution in [2.24, 2.45) is 5.73 Å². The molecule has 1 aromatic heterocycles. The fraction of sp³-hybridized carbons (Fsp3) is 0.444. The first-order valence-electron chi connectivity index (χ1n) is 8.35. The highest BCUT2D eigenvalue weighted by Crippen LogP contribution is 2.30. The Morgan fingerprint density at radius 3 is 2.96 bits per heavy atom. The van der Waals surface area contributed by atoms with Crippen LogP contribution < -0.4 is 15.2 Å². The lowest BCUT2D eigenvalue weighted by molar-refractivity contribution is 0.0740. The predicted molar refractivity (Wildman–Crippen MR) is 97.3 cm³/mol. The SMILES string of the molecule is COc1cc(C(=O)N2CCC[C@H]2CN)ccc1OCc1csc(C)n1. The highest BCUT2D eigenvalue weighted by Gasteiger charge is 2.28. The van der Waals surface area contributed by atoms with Gasteiger partial charge >= 0.3 is 0 Å². The lowest BCUT2D eigenvalue weighted by Crippen LogP contribution is -2.39. The van der Waals surface area contributed by atoms with E-state index in [9.17, 15) is 4.79 Å². The topological polar surface area (TPSA) is 77.7 Å². The van der Waals surface area contributed by atoms with Gasteiger partial charge in [0.25, 0.3) is 5.91 Å². The number of methoxy groups -OCH3 is 1. The molecule has 1 atom stereocenters. The fourth-order valence-electron chi connectivity index (χ4n) is 3.06. The number of carbonyl (C=O) groups is 1. The van der Waals surface area contributed by atoms with Crippen LogP contribution in [0.2, 0.25) is 0 Å². The van der Waals surface area contributed by atoms with Crippen LogP contribution in [-0.2, 0) is 6.61 Å². The molecule has 0 unspecified atom stereocenters. The molecular weight excluding hydrogens is 338 g/mol. The van der Waals surface area contributed by atoms with Crippen molar-refractivity contribution >= 4 is 17.2 Å². The summed E-state index contributed by atoms with van der Waals surface area (Å²) >= 11 is 1.59. The molecule has 2 N–H and O–H groups in total. The number of amides is 1. The Morgan fingerprint density at radius 2 is 2.28 bits per heavy atom. The first-order valence-corrected chi connectivity index (χ1v) is 9.23. The van der Waals surface area contributed by atoms with E-state index in [1.165, 1.54) is 0 Å². The summed E-state index contributed by atoms with van der Waals surface area (Å²) in [6.07, 6.45) is 1.96. The Labute approximate surface area is 151 Å². The van der Waals surface area contributed by atoms with Crippen molar-refractivity contribution in [2.75, 3.05) is 20.2 Å². The Hall–Kier alpha value is -2.12. The molecule has 0 spiro atoms. The maximum atomic E-state index is 12.7. The van der Waals surface area contributed by atoms with Gasteiger partial charge < -0.3 is 20.1 Å². The van der Waals surface area contributed by atoms with E-state index in [4.69, 9.17) is 15.2 Å². The molecule has 0 aliphatic carbocycles. The Kier molecular flexibility index (Phi) is 5.55. The summed E-state index contributed by atoms with van der Waals surface area (Å²) in [7, 11) is 1.57. The summed E-state index contributed by atoms with van der Waals surface area (Å²) in [4.78, 5) is 19.0. The van der Waals surface area contributed by atoms with Crippen molar-refractivity contribution in [2.45, 2.75) is 32.4 Å². The zero-order valence-electron chi connectivity index (χ0n) is 14.5. The van der Waals surface area contributed by atoms with E-state index in [-0.39, 0.29) is 11.9 Å². The van der Waals surface area contributed by atoms with E-state index in [0.29, 0.717) is 30.2 Å². The molecule has 1 fully saturated rings. The summed E-state index contributed by atoms with van der Waals surface area (Å²) in [5.74, 6) is 1.13. The molecule has 1 saturated heterocycles. The zero-order chi connectivity index (χ0) is 17.8. The number of aryl methyl sites for hydroxylation is 1. The van der Waals surface area contributed by atoms with Crippen molar-refractivity contribution in [1.29, 1.82) is 0 Å². The molecule has 25 heavy (non-hydrogen) atoms. The Bertz CT molecular complexity index is 747. The quantitative estimate of drug-likeness (QED) is 0.856. The van der Waals surface area contributed by atoms with Gasteiger partial charge in [0.15, 0.2) is 11.5 Å². The van der Waals surface area contributed by atoms with Gasteiger partial charge in [-0.25, -0.2) is 4.98 Å². The predicted octanol–water partition coefficient (Wildman–Crippen LogP) is 2.60. The van der Waals surface area contributed by atoms with Crippen molar-refractivity contribution in [3.63, 3.8) is 0 Å². The standard InChI is InChI=1S/C18H23N3O3S/c1-12-20-14(11-25-12)10-24-16-6-5-13(8-17(16)23-2)18(22)21-7-3-4-15(21)9-19/h5-6,8,11,15H,3-4,7,9-10,19H2,1-2H3/t15-/m0/s1. The van der Waals surface area contributed by atoms with Crippen LogP contribution >= 0.6 is 11.3 Å². The third kappa shape index (κ3) is 3.93. The van der Waals surface area contributed by atoms with Crippen molar-refractivity contribution in [3.05, 3.63) is 39.8 Å². The van der Waals surface area contributed by atoms with Gasteiger partial charge in [-0.15, -0.1) is 11.3 Å². The van der Waals surface area contributed by atoms with Gasteiger partial charge in [0.2, 0.25) is 0 Å². The van der Waals surface area contributed by atoms with Gasteiger partial charge in [-0.1, -0.05) is 0 Å². The number of carbonyl (C=O) groups excluding carboxylic acids is 1. The van der Waals surface area contributed by atoms with Crippen LogP contribution in [-0.4, -0.2) is 42.0 Å². The lowest BCUT2D eigenvalue weighted by atomic mass is 10.1. The van der Waals surface area contributed by atoms with E-state index in [1.807, 2.05) is 17.2 Å². The molecule has 1 amide bonds. The smallest absolute Gasteiger partial charge is 0.254 e. The molecule has 6 nitrogen and oxygen atoms in total. The summed E-state index contributed by atoms with van der Waals surface area (Å²) in [5, 5.41) is 2.98. The number of rotatable bonds is 6. The molecule has 1 aromatic carbocycles.